The van der Waals surface area contributed by atoms with Gasteiger partial charge in [-0.15, -0.1) is 0 Å². The van der Waals surface area contributed by atoms with E-state index in [-0.39, 0.29) is 11.8 Å². The summed E-state index contributed by atoms with van der Waals surface area (Å²) in [4.78, 5) is 28.9. The van der Waals surface area contributed by atoms with Crippen molar-refractivity contribution in [1.29, 1.82) is 0 Å². The average molecular weight is 417 g/mol. The summed E-state index contributed by atoms with van der Waals surface area (Å²) in [6, 6.07) is 12.4. The van der Waals surface area contributed by atoms with Crippen molar-refractivity contribution in [3.05, 3.63) is 69.4 Å². The maximum absolute atomic E-state index is 12.8. The highest BCUT2D eigenvalue weighted by atomic mass is 35.5. The molecule has 1 aliphatic heterocycles. The summed E-state index contributed by atoms with van der Waals surface area (Å²) in [6.07, 6.45) is 0. The van der Waals surface area contributed by atoms with Gasteiger partial charge in [0.15, 0.2) is 5.76 Å². The Hall–Kier alpha value is -2.50. The van der Waals surface area contributed by atoms with Crippen molar-refractivity contribution < 1.29 is 14.0 Å². The summed E-state index contributed by atoms with van der Waals surface area (Å²) in [7, 11) is 0. The summed E-state index contributed by atoms with van der Waals surface area (Å²) in [5, 5.41) is 1.75. The molecule has 0 saturated carbocycles. The van der Waals surface area contributed by atoms with Crippen LogP contribution in [0.25, 0.3) is 11.0 Å². The smallest absolute Gasteiger partial charge is 0.289 e. The molecule has 7 heteroatoms. The van der Waals surface area contributed by atoms with Crippen LogP contribution in [0.4, 0.5) is 0 Å². The summed E-state index contributed by atoms with van der Waals surface area (Å²) in [6.45, 7) is 3.75. The molecule has 0 aliphatic carbocycles. The van der Waals surface area contributed by atoms with Crippen molar-refractivity contribution in [3.8, 4) is 0 Å². The monoisotopic (exact) mass is 416 g/mol. The lowest BCUT2D eigenvalue weighted by molar-refractivity contribution is 0.0519. The summed E-state index contributed by atoms with van der Waals surface area (Å²) >= 11 is 12.0. The van der Waals surface area contributed by atoms with Crippen LogP contribution < -0.4 is 0 Å². The Labute approximate surface area is 172 Å². The average Bonchev–Trinajstić information content (AvgIpc) is 3.09. The van der Waals surface area contributed by atoms with E-state index in [4.69, 9.17) is 27.6 Å². The van der Waals surface area contributed by atoms with Crippen LogP contribution in [-0.2, 0) is 0 Å². The number of nitrogens with zero attached hydrogens (tertiary/aromatic N) is 2. The highest BCUT2D eigenvalue weighted by Crippen LogP contribution is 2.23. The normalized spacial score (nSPS) is 14.5. The van der Waals surface area contributed by atoms with Crippen molar-refractivity contribution in [2.24, 2.45) is 0 Å². The molecule has 0 radical (unpaired) electrons. The van der Waals surface area contributed by atoms with Gasteiger partial charge in [0.1, 0.15) is 5.58 Å². The van der Waals surface area contributed by atoms with E-state index >= 15 is 0 Å². The molecule has 1 saturated heterocycles. The maximum Gasteiger partial charge on any atom is 0.289 e. The first-order valence-corrected chi connectivity index (χ1v) is 9.71. The van der Waals surface area contributed by atoms with Crippen molar-refractivity contribution in [2.75, 3.05) is 26.2 Å². The number of rotatable bonds is 2. The molecular weight excluding hydrogens is 399 g/mol. The first-order chi connectivity index (χ1) is 13.4. The number of piperazine rings is 1. The minimum atomic E-state index is -0.160. The third-order valence-corrected chi connectivity index (χ3v) is 5.28. The molecule has 2 aromatic carbocycles. The lowest BCUT2D eigenvalue weighted by atomic mass is 10.1. The van der Waals surface area contributed by atoms with Gasteiger partial charge < -0.3 is 14.2 Å². The van der Waals surface area contributed by atoms with E-state index in [2.05, 4.69) is 0 Å². The van der Waals surface area contributed by atoms with Gasteiger partial charge in [0.25, 0.3) is 11.8 Å². The van der Waals surface area contributed by atoms with Crippen LogP contribution in [0, 0.1) is 6.92 Å². The molecule has 3 aromatic rings. The molecule has 2 heterocycles. The Bertz CT molecular complexity index is 1050. The highest BCUT2D eigenvalue weighted by molar-refractivity contribution is 6.35. The molecule has 0 atom stereocenters. The van der Waals surface area contributed by atoms with Crippen molar-refractivity contribution in [1.82, 2.24) is 9.80 Å². The number of amides is 2. The van der Waals surface area contributed by atoms with Crippen LogP contribution in [-0.4, -0.2) is 47.8 Å². The Kier molecular flexibility index (Phi) is 5.04. The van der Waals surface area contributed by atoms with E-state index < -0.39 is 0 Å². The highest BCUT2D eigenvalue weighted by Gasteiger charge is 2.27. The van der Waals surface area contributed by atoms with Gasteiger partial charge in [-0.1, -0.05) is 34.8 Å². The third-order valence-electron chi connectivity index (χ3n) is 4.85. The van der Waals surface area contributed by atoms with Crippen molar-refractivity contribution in [2.45, 2.75) is 6.92 Å². The van der Waals surface area contributed by atoms with Gasteiger partial charge in [-0.05, 0) is 43.3 Å². The predicted octanol–water partition coefficient (Wildman–Crippen LogP) is 4.65. The molecule has 5 nitrogen and oxygen atoms in total. The lowest BCUT2D eigenvalue weighted by Gasteiger charge is -2.34. The Morgan fingerprint density at radius 1 is 0.857 bits per heavy atom. The fourth-order valence-electron chi connectivity index (χ4n) is 3.40. The van der Waals surface area contributed by atoms with Crippen molar-refractivity contribution >= 4 is 46.0 Å². The fourth-order valence-corrected chi connectivity index (χ4v) is 3.92. The summed E-state index contributed by atoms with van der Waals surface area (Å²) in [5.74, 6) is 0.0180. The van der Waals surface area contributed by atoms with Crippen LogP contribution in [0.2, 0.25) is 10.0 Å². The molecular formula is C21H18Cl2N2O3. The second-order valence-electron chi connectivity index (χ2n) is 6.89. The largest absolute Gasteiger partial charge is 0.451 e. The minimum absolute atomic E-state index is 0.143. The van der Waals surface area contributed by atoms with Crippen LogP contribution >= 0.6 is 23.2 Å². The zero-order chi connectivity index (χ0) is 19.8. The molecule has 0 N–H and O–H groups in total. The van der Waals surface area contributed by atoms with Crippen LogP contribution in [0.3, 0.4) is 0 Å². The molecule has 4 rings (SSSR count). The van der Waals surface area contributed by atoms with Crippen LogP contribution in [0.1, 0.15) is 26.5 Å². The van der Waals surface area contributed by atoms with Gasteiger partial charge >= 0.3 is 0 Å². The van der Waals surface area contributed by atoms with E-state index in [1.165, 1.54) is 0 Å². The zero-order valence-corrected chi connectivity index (χ0v) is 16.8. The third kappa shape index (κ3) is 3.73. The molecule has 28 heavy (non-hydrogen) atoms. The molecule has 144 valence electrons. The minimum Gasteiger partial charge on any atom is -0.451 e. The summed E-state index contributed by atoms with van der Waals surface area (Å²) in [5.41, 5.74) is 2.26. The second kappa shape index (κ2) is 7.49. The van der Waals surface area contributed by atoms with Crippen molar-refractivity contribution in [3.63, 3.8) is 0 Å². The molecule has 0 spiro atoms. The molecule has 1 fully saturated rings. The molecule has 0 bridgehead atoms. The van der Waals surface area contributed by atoms with E-state index in [1.807, 2.05) is 25.1 Å². The number of hydrogen-bond acceptors (Lipinski definition) is 3. The van der Waals surface area contributed by atoms with Gasteiger partial charge in [0, 0.05) is 47.2 Å². The number of carbonyl (C=O) groups is 2. The van der Waals surface area contributed by atoms with Gasteiger partial charge in [-0.2, -0.15) is 0 Å². The van der Waals surface area contributed by atoms with Gasteiger partial charge in [-0.3, -0.25) is 9.59 Å². The number of fused-ring (bicyclic) bond motifs is 1. The summed E-state index contributed by atoms with van der Waals surface area (Å²) < 4.78 is 5.71. The number of carbonyl (C=O) groups excluding carboxylic acids is 2. The van der Waals surface area contributed by atoms with Gasteiger partial charge in [0.05, 0.1) is 0 Å². The number of aryl methyl sites for hydroxylation is 1. The number of furan rings is 1. The number of hydrogen-bond donors (Lipinski definition) is 0. The quantitative estimate of drug-likeness (QED) is 0.610. The first-order valence-electron chi connectivity index (χ1n) is 8.95. The first kappa shape index (κ1) is 18.8. The van der Waals surface area contributed by atoms with Crippen LogP contribution in [0.15, 0.2) is 46.9 Å². The lowest BCUT2D eigenvalue weighted by Crippen LogP contribution is -2.50. The molecule has 2 amide bonds. The van der Waals surface area contributed by atoms with Crippen LogP contribution in [0.5, 0.6) is 0 Å². The molecule has 1 aromatic heterocycles. The van der Waals surface area contributed by atoms with E-state index in [1.54, 1.807) is 34.1 Å². The SMILES string of the molecule is Cc1ccc2oc(C(=O)N3CCN(C(=O)c4cc(Cl)cc(Cl)c4)CC3)cc2c1. The molecule has 0 unspecified atom stereocenters. The standard InChI is InChI=1S/C21H18Cl2N2O3/c1-13-2-3-18-14(8-13)11-19(28-18)21(27)25-6-4-24(5-7-25)20(26)15-9-16(22)12-17(23)10-15/h2-3,8-12H,4-7H2,1H3. The zero-order valence-electron chi connectivity index (χ0n) is 15.2. The van der Waals surface area contributed by atoms with E-state index in [0.29, 0.717) is 53.1 Å². The molecule has 1 aliphatic rings. The van der Waals surface area contributed by atoms with Gasteiger partial charge in [-0.25, -0.2) is 0 Å². The Balaban J connectivity index is 1.44. The second-order valence-corrected chi connectivity index (χ2v) is 7.77. The fraction of sp³-hybridized carbons (Fsp3) is 0.238. The Morgan fingerprint density at radius 2 is 1.46 bits per heavy atom. The predicted molar refractivity (Wildman–Crippen MR) is 109 cm³/mol. The number of halogens is 2. The topological polar surface area (TPSA) is 53.8 Å². The van der Waals surface area contributed by atoms with Gasteiger partial charge in [0.2, 0.25) is 0 Å². The number of benzene rings is 2. The van der Waals surface area contributed by atoms with E-state index in [9.17, 15) is 9.59 Å². The van der Waals surface area contributed by atoms with E-state index in [0.717, 1.165) is 10.9 Å². The Morgan fingerprint density at radius 3 is 2.11 bits per heavy atom. The maximum atomic E-state index is 12.8.